The fourth-order valence-electron chi connectivity index (χ4n) is 4.16. The topological polar surface area (TPSA) is 109 Å². The van der Waals surface area contributed by atoms with Crippen molar-refractivity contribution in [2.45, 2.75) is 31.6 Å². The van der Waals surface area contributed by atoms with Gasteiger partial charge in [-0.25, -0.2) is 14.2 Å². The molecule has 2 aliphatic heterocycles. The molecule has 2 saturated heterocycles. The first kappa shape index (κ1) is 23.7. The van der Waals surface area contributed by atoms with Gasteiger partial charge in [0.1, 0.15) is 6.17 Å². The van der Waals surface area contributed by atoms with Crippen molar-refractivity contribution in [2.24, 2.45) is 17.3 Å². The van der Waals surface area contributed by atoms with Crippen LogP contribution < -0.4 is 10.1 Å². The molecule has 4 rings (SSSR count). The summed E-state index contributed by atoms with van der Waals surface area (Å²) < 4.78 is 50.5. The normalized spacial score (nSPS) is 29.1. The van der Waals surface area contributed by atoms with E-state index in [1.165, 1.54) is 0 Å². The maximum Gasteiger partial charge on any atom is 0.490 e. The molecule has 0 unspecified atom stereocenters. The van der Waals surface area contributed by atoms with Crippen molar-refractivity contribution >= 4 is 17.8 Å². The molecule has 176 valence electrons. The number of nitrogens with one attached hydrogen (secondary N) is 1. The zero-order valence-electron chi connectivity index (χ0n) is 17.0. The third-order valence-corrected chi connectivity index (χ3v) is 6.10. The zero-order valence-corrected chi connectivity index (χ0v) is 17.0. The van der Waals surface area contributed by atoms with Gasteiger partial charge in [0.2, 0.25) is 17.7 Å². The minimum absolute atomic E-state index is 0.00452. The first-order chi connectivity index (χ1) is 15.0. The van der Waals surface area contributed by atoms with Gasteiger partial charge in [0.05, 0.1) is 12.0 Å². The molecule has 1 aromatic rings. The number of carbonyl (C=O) groups excluding carboxylic acids is 2. The Bertz CT molecular complexity index is 847. The molecule has 1 aromatic heterocycles. The SMILES string of the molecule is O=C(C1CC(F)C1)N1CC[C@]2(C1)C(=O)NC[C@H]2COc1ccccn1.O=C(O)C(F)(F)F. The predicted molar refractivity (Wildman–Crippen MR) is 101 cm³/mol. The van der Waals surface area contributed by atoms with Gasteiger partial charge in [-0.1, -0.05) is 6.07 Å². The van der Waals surface area contributed by atoms with Crippen molar-refractivity contribution in [3.63, 3.8) is 0 Å². The number of aliphatic carboxylic acids is 1. The summed E-state index contributed by atoms with van der Waals surface area (Å²) >= 11 is 0. The first-order valence-corrected chi connectivity index (χ1v) is 10.1. The van der Waals surface area contributed by atoms with E-state index in [-0.39, 0.29) is 23.7 Å². The van der Waals surface area contributed by atoms with Crippen molar-refractivity contribution in [3.05, 3.63) is 24.4 Å². The highest BCUT2D eigenvalue weighted by Crippen LogP contribution is 2.43. The highest BCUT2D eigenvalue weighted by molar-refractivity contribution is 5.88. The smallest absolute Gasteiger partial charge is 0.477 e. The maximum absolute atomic E-state index is 13.0. The predicted octanol–water partition coefficient (Wildman–Crippen LogP) is 1.81. The van der Waals surface area contributed by atoms with Gasteiger partial charge in [-0.05, 0) is 25.3 Å². The van der Waals surface area contributed by atoms with Crippen LogP contribution in [-0.4, -0.2) is 71.4 Å². The highest BCUT2D eigenvalue weighted by atomic mass is 19.4. The molecule has 1 aliphatic carbocycles. The van der Waals surface area contributed by atoms with Gasteiger partial charge in [0, 0.05) is 43.7 Å². The van der Waals surface area contributed by atoms with E-state index in [2.05, 4.69) is 10.3 Å². The van der Waals surface area contributed by atoms with E-state index in [9.17, 15) is 27.2 Å². The molecule has 0 bridgehead atoms. The van der Waals surface area contributed by atoms with Crippen LogP contribution in [0.2, 0.25) is 0 Å². The Morgan fingerprint density at radius 3 is 2.56 bits per heavy atom. The van der Waals surface area contributed by atoms with Crippen molar-refractivity contribution < 1.29 is 41.8 Å². The molecule has 2 atom stereocenters. The number of aromatic nitrogens is 1. The van der Waals surface area contributed by atoms with Crippen LogP contribution >= 0.6 is 0 Å². The number of likely N-dealkylation sites (tertiary alicyclic amines) is 1. The van der Waals surface area contributed by atoms with E-state index >= 15 is 0 Å². The Kier molecular flexibility index (Phi) is 6.89. The number of nitrogens with zero attached hydrogens (tertiary/aromatic N) is 2. The van der Waals surface area contributed by atoms with Crippen molar-refractivity contribution in [3.8, 4) is 5.88 Å². The number of carboxylic acids is 1. The Morgan fingerprint density at radius 2 is 2.00 bits per heavy atom. The molecule has 0 aromatic carbocycles. The quantitative estimate of drug-likeness (QED) is 0.662. The summed E-state index contributed by atoms with van der Waals surface area (Å²) in [5.74, 6) is -2.45. The number of amides is 2. The van der Waals surface area contributed by atoms with Gasteiger partial charge in [-0.2, -0.15) is 13.2 Å². The number of alkyl halides is 4. The summed E-state index contributed by atoms with van der Waals surface area (Å²) in [6.45, 7) is 1.89. The van der Waals surface area contributed by atoms with Crippen LogP contribution in [0.15, 0.2) is 24.4 Å². The highest BCUT2D eigenvalue weighted by Gasteiger charge is 2.56. The Morgan fingerprint density at radius 1 is 1.31 bits per heavy atom. The van der Waals surface area contributed by atoms with Crippen molar-refractivity contribution in [2.75, 3.05) is 26.2 Å². The summed E-state index contributed by atoms with van der Waals surface area (Å²) in [6, 6.07) is 5.45. The molecule has 3 aliphatic rings. The Hall–Kier alpha value is -2.92. The molecule has 8 nitrogen and oxygen atoms in total. The number of hydrogen-bond acceptors (Lipinski definition) is 5. The average molecular weight is 461 g/mol. The monoisotopic (exact) mass is 461 g/mol. The standard InChI is InChI=1S/C18H22FN3O3.C2HF3O2/c19-14-7-12(8-14)16(23)22-6-4-18(11-22)13(9-21-17(18)24)10-25-15-3-1-2-5-20-15;3-2(4,5)1(6)7/h1-3,5,12-14H,4,6-11H2,(H,21,24);(H,6,7)/t12?,13-,14?,18+;/m0./s1. The summed E-state index contributed by atoms with van der Waals surface area (Å²) in [6.07, 6.45) is -3.00. The molecule has 3 heterocycles. The van der Waals surface area contributed by atoms with Gasteiger partial charge < -0.3 is 20.1 Å². The van der Waals surface area contributed by atoms with E-state index < -0.39 is 23.7 Å². The van der Waals surface area contributed by atoms with E-state index in [1.54, 1.807) is 17.2 Å². The minimum Gasteiger partial charge on any atom is -0.477 e. The number of halogens is 4. The largest absolute Gasteiger partial charge is 0.490 e. The lowest BCUT2D eigenvalue weighted by Gasteiger charge is -2.33. The lowest BCUT2D eigenvalue weighted by Crippen LogP contribution is -2.45. The second kappa shape index (κ2) is 9.29. The zero-order chi connectivity index (χ0) is 23.5. The molecule has 0 radical (unpaired) electrons. The van der Waals surface area contributed by atoms with Crippen molar-refractivity contribution in [1.82, 2.24) is 15.2 Å². The Labute approximate surface area is 180 Å². The van der Waals surface area contributed by atoms with Crippen LogP contribution in [-0.2, 0) is 14.4 Å². The van der Waals surface area contributed by atoms with Crippen LogP contribution in [0.5, 0.6) is 5.88 Å². The number of hydrogen-bond donors (Lipinski definition) is 2. The first-order valence-electron chi connectivity index (χ1n) is 10.1. The van der Waals surface area contributed by atoms with E-state index in [1.807, 2.05) is 12.1 Å². The van der Waals surface area contributed by atoms with Crippen LogP contribution in [0.25, 0.3) is 0 Å². The number of carbonyl (C=O) groups is 3. The molecule has 12 heteroatoms. The molecule has 1 saturated carbocycles. The summed E-state index contributed by atoms with van der Waals surface area (Å²) in [4.78, 5) is 39.8. The number of pyridine rings is 1. The van der Waals surface area contributed by atoms with Crippen LogP contribution in [0.3, 0.4) is 0 Å². The molecule has 1 spiro atoms. The lowest BCUT2D eigenvalue weighted by atomic mass is 9.77. The molecular weight excluding hydrogens is 438 g/mol. The second-order valence-electron chi connectivity index (χ2n) is 8.12. The van der Waals surface area contributed by atoms with Crippen molar-refractivity contribution in [1.29, 1.82) is 0 Å². The van der Waals surface area contributed by atoms with Gasteiger partial charge in [0.15, 0.2) is 0 Å². The van der Waals surface area contributed by atoms with E-state index in [0.29, 0.717) is 51.4 Å². The number of carboxylic acid groups (broad SMARTS) is 1. The van der Waals surface area contributed by atoms with E-state index in [0.717, 1.165) is 0 Å². The van der Waals surface area contributed by atoms with Gasteiger partial charge in [-0.15, -0.1) is 0 Å². The van der Waals surface area contributed by atoms with Crippen LogP contribution in [0.1, 0.15) is 19.3 Å². The molecule has 2 N–H and O–H groups in total. The second-order valence-corrected chi connectivity index (χ2v) is 8.12. The lowest BCUT2D eigenvalue weighted by molar-refractivity contribution is -0.192. The Balaban J connectivity index is 0.000000360. The number of rotatable bonds is 4. The average Bonchev–Trinajstić information content (AvgIpc) is 3.30. The minimum atomic E-state index is -5.08. The molecule has 32 heavy (non-hydrogen) atoms. The fourth-order valence-corrected chi connectivity index (χ4v) is 4.16. The van der Waals surface area contributed by atoms with Crippen LogP contribution in [0.4, 0.5) is 17.6 Å². The third-order valence-electron chi connectivity index (χ3n) is 6.10. The van der Waals surface area contributed by atoms with Gasteiger partial charge >= 0.3 is 12.1 Å². The van der Waals surface area contributed by atoms with E-state index in [4.69, 9.17) is 14.6 Å². The molecule has 2 amide bonds. The molecule has 3 fully saturated rings. The third kappa shape index (κ3) is 5.10. The van der Waals surface area contributed by atoms with Gasteiger partial charge in [-0.3, -0.25) is 9.59 Å². The number of ether oxygens (including phenoxy) is 1. The summed E-state index contributed by atoms with van der Waals surface area (Å²) in [5, 5.41) is 10.1. The fraction of sp³-hybridized carbons (Fsp3) is 0.600. The summed E-state index contributed by atoms with van der Waals surface area (Å²) in [7, 11) is 0. The van der Waals surface area contributed by atoms with Gasteiger partial charge in [0.25, 0.3) is 0 Å². The summed E-state index contributed by atoms with van der Waals surface area (Å²) in [5.41, 5.74) is -0.594. The molecular formula is C20H23F4N3O5. The maximum atomic E-state index is 13.0. The van der Waals surface area contributed by atoms with Crippen LogP contribution in [0, 0.1) is 17.3 Å².